The SMILES string of the molecule is CCCCOc1noc2c1C(=O)[C@@]13O[C@@H](C=C1OC)CC3[C@@H]2N1CCC1. The van der Waals surface area contributed by atoms with Crippen molar-refractivity contribution in [2.24, 2.45) is 5.92 Å². The van der Waals surface area contributed by atoms with Gasteiger partial charge in [0.2, 0.25) is 5.78 Å². The van der Waals surface area contributed by atoms with Gasteiger partial charge >= 0.3 is 0 Å². The largest absolute Gasteiger partial charge is 0.498 e. The first-order chi connectivity index (χ1) is 12.7. The van der Waals surface area contributed by atoms with E-state index in [9.17, 15) is 4.79 Å². The highest BCUT2D eigenvalue weighted by Crippen LogP contribution is 2.60. The van der Waals surface area contributed by atoms with Gasteiger partial charge in [-0.2, -0.15) is 0 Å². The molecule has 1 aromatic rings. The maximum Gasteiger partial charge on any atom is 0.265 e. The van der Waals surface area contributed by atoms with Crippen molar-refractivity contribution in [2.45, 2.75) is 50.4 Å². The summed E-state index contributed by atoms with van der Waals surface area (Å²) in [5.41, 5.74) is -0.610. The van der Waals surface area contributed by atoms with E-state index in [-0.39, 0.29) is 23.8 Å². The smallest absolute Gasteiger partial charge is 0.265 e. The molecule has 1 spiro atoms. The molecule has 140 valence electrons. The minimum Gasteiger partial charge on any atom is -0.498 e. The summed E-state index contributed by atoms with van der Waals surface area (Å²) in [5.74, 6) is 1.43. The summed E-state index contributed by atoms with van der Waals surface area (Å²) in [6.45, 7) is 4.60. The van der Waals surface area contributed by atoms with Gasteiger partial charge in [-0.05, 0) is 30.5 Å². The molecule has 2 bridgehead atoms. The molecule has 1 unspecified atom stereocenters. The number of ketones is 1. The van der Waals surface area contributed by atoms with Crippen LogP contribution in [0.4, 0.5) is 0 Å². The second kappa shape index (κ2) is 5.82. The molecule has 7 heteroatoms. The minimum absolute atomic E-state index is 0.0100. The van der Waals surface area contributed by atoms with Gasteiger partial charge in [0.05, 0.1) is 25.9 Å². The van der Waals surface area contributed by atoms with Gasteiger partial charge in [0.15, 0.2) is 11.4 Å². The Morgan fingerprint density at radius 2 is 2.27 bits per heavy atom. The van der Waals surface area contributed by atoms with E-state index in [2.05, 4.69) is 17.0 Å². The van der Waals surface area contributed by atoms with Crippen LogP contribution in [0.15, 0.2) is 16.4 Å². The van der Waals surface area contributed by atoms with Crippen molar-refractivity contribution in [3.05, 3.63) is 23.2 Å². The summed E-state index contributed by atoms with van der Waals surface area (Å²) in [4.78, 5) is 15.9. The number of carbonyl (C=O) groups excluding carboxylic acids is 1. The number of likely N-dealkylation sites (tertiary alicyclic amines) is 1. The first-order valence-electron chi connectivity index (χ1n) is 9.56. The molecular formula is C19H24N2O5. The number of rotatable bonds is 6. The normalized spacial score (nSPS) is 34.9. The molecule has 0 saturated carbocycles. The van der Waals surface area contributed by atoms with E-state index in [1.165, 1.54) is 0 Å². The van der Waals surface area contributed by atoms with Gasteiger partial charge in [-0.25, -0.2) is 0 Å². The van der Waals surface area contributed by atoms with Gasteiger partial charge in [0, 0.05) is 19.0 Å². The first-order valence-corrected chi connectivity index (χ1v) is 9.56. The maximum atomic E-state index is 13.6. The summed E-state index contributed by atoms with van der Waals surface area (Å²) >= 11 is 0. The lowest BCUT2D eigenvalue weighted by molar-refractivity contribution is -0.0459. The number of Topliss-reactive ketones (excluding diaryl/α,β-unsaturated/α-hetero) is 1. The van der Waals surface area contributed by atoms with Crippen molar-refractivity contribution in [3.63, 3.8) is 0 Å². The molecule has 0 radical (unpaired) electrons. The molecule has 2 fully saturated rings. The highest BCUT2D eigenvalue weighted by molar-refractivity contribution is 6.09. The Morgan fingerprint density at radius 1 is 1.42 bits per heavy atom. The zero-order chi connectivity index (χ0) is 17.9. The molecule has 4 heterocycles. The molecule has 26 heavy (non-hydrogen) atoms. The number of methoxy groups -OCH3 is 1. The Balaban J connectivity index is 1.60. The van der Waals surface area contributed by atoms with Gasteiger partial charge in [-0.1, -0.05) is 13.3 Å². The summed E-state index contributed by atoms with van der Waals surface area (Å²) in [6, 6.07) is -0.0173. The van der Waals surface area contributed by atoms with E-state index in [0.29, 0.717) is 29.6 Å². The molecule has 4 atom stereocenters. The average Bonchev–Trinajstić information content (AvgIpc) is 3.28. The molecule has 3 aliphatic heterocycles. The number of carbonyl (C=O) groups is 1. The van der Waals surface area contributed by atoms with Crippen molar-refractivity contribution in [3.8, 4) is 5.88 Å². The molecule has 0 N–H and O–H groups in total. The van der Waals surface area contributed by atoms with Crippen molar-refractivity contribution in [2.75, 3.05) is 26.8 Å². The number of ether oxygens (including phenoxy) is 3. The van der Waals surface area contributed by atoms with Crippen LogP contribution in [0.3, 0.4) is 0 Å². The van der Waals surface area contributed by atoms with Crippen molar-refractivity contribution in [1.82, 2.24) is 10.1 Å². The highest BCUT2D eigenvalue weighted by Gasteiger charge is 2.69. The van der Waals surface area contributed by atoms with E-state index in [0.717, 1.165) is 38.8 Å². The van der Waals surface area contributed by atoms with Crippen molar-refractivity contribution >= 4 is 5.78 Å². The van der Waals surface area contributed by atoms with Crippen LogP contribution >= 0.6 is 0 Å². The van der Waals surface area contributed by atoms with Gasteiger partial charge in [0.1, 0.15) is 11.3 Å². The average molecular weight is 360 g/mol. The Bertz CT molecular complexity index is 768. The van der Waals surface area contributed by atoms with Gasteiger partial charge in [0.25, 0.3) is 5.88 Å². The molecule has 1 aliphatic carbocycles. The van der Waals surface area contributed by atoms with Crippen LogP contribution in [0, 0.1) is 5.92 Å². The third-order valence-corrected chi connectivity index (χ3v) is 6.19. The molecule has 2 saturated heterocycles. The molecule has 0 amide bonds. The maximum absolute atomic E-state index is 13.6. The van der Waals surface area contributed by atoms with Crippen LogP contribution in [-0.4, -0.2) is 54.4 Å². The Morgan fingerprint density at radius 3 is 2.96 bits per heavy atom. The number of nitrogens with zero attached hydrogens (tertiary/aromatic N) is 2. The van der Waals surface area contributed by atoms with E-state index in [4.69, 9.17) is 18.7 Å². The summed E-state index contributed by atoms with van der Waals surface area (Å²) in [6.07, 6.45) is 5.73. The molecule has 4 aliphatic rings. The number of hydrogen-bond donors (Lipinski definition) is 0. The number of hydrogen-bond acceptors (Lipinski definition) is 7. The fraction of sp³-hybridized carbons (Fsp3) is 0.684. The molecule has 1 aromatic heterocycles. The second-order valence-corrected chi connectivity index (χ2v) is 7.56. The number of aromatic nitrogens is 1. The number of fused-ring (bicyclic) bond motifs is 2. The molecule has 7 nitrogen and oxygen atoms in total. The Hall–Kier alpha value is -1.86. The van der Waals surface area contributed by atoms with Crippen LogP contribution in [0.2, 0.25) is 0 Å². The van der Waals surface area contributed by atoms with E-state index < -0.39 is 5.60 Å². The highest BCUT2D eigenvalue weighted by atomic mass is 16.6. The lowest BCUT2D eigenvalue weighted by atomic mass is 9.67. The summed E-state index contributed by atoms with van der Waals surface area (Å²) in [7, 11) is 1.61. The molecule has 5 rings (SSSR count). The predicted molar refractivity (Wildman–Crippen MR) is 91.0 cm³/mol. The lowest BCUT2D eigenvalue weighted by Gasteiger charge is -2.47. The monoisotopic (exact) mass is 360 g/mol. The topological polar surface area (TPSA) is 74.0 Å². The van der Waals surface area contributed by atoms with Crippen LogP contribution in [0.1, 0.15) is 54.8 Å². The van der Waals surface area contributed by atoms with E-state index in [1.807, 2.05) is 6.08 Å². The van der Waals surface area contributed by atoms with Gasteiger partial charge in [-0.3, -0.25) is 9.69 Å². The number of unbranched alkanes of at least 4 members (excludes halogenated alkanes) is 1. The van der Waals surface area contributed by atoms with Crippen molar-refractivity contribution < 1.29 is 23.5 Å². The minimum atomic E-state index is -1.05. The van der Waals surface area contributed by atoms with Crippen LogP contribution in [0.25, 0.3) is 0 Å². The fourth-order valence-corrected chi connectivity index (χ4v) is 4.85. The molecular weight excluding hydrogens is 336 g/mol. The zero-order valence-electron chi connectivity index (χ0n) is 15.2. The van der Waals surface area contributed by atoms with Crippen LogP contribution < -0.4 is 4.74 Å². The van der Waals surface area contributed by atoms with Gasteiger partial charge < -0.3 is 18.7 Å². The van der Waals surface area contributed by atoms with Crippen LogP contribution in [-0.2, 0) is 9.47 Å². The zero-order valence-corrected chi connectivity index (χ0v) is 15.2. The van der Waals surface area contributed by atoms with E-state index >= 15 is 0 Å². The molecule has 0 aromatic carbocycles. The summed E-state index contributed by atoms with van der Waals surface area (Å²) in [5, 5.41) is 4.11. The van der Waals surface area contributed by atoms with Crippen molar-refractivity contribution in [1.29, 1.82) is 0 Å². The third-order valence-electron chi connectivity index (χ3n) is 6.19. The predicted octanol–water partition coefficient (Wildman–Crippen LogP) is 2.48. The summed E-state index contributed by atoms with van der Waals surface area (Å²) < 4.78 is 23.3. The first kappa shape index (κ1) is 16.3. The third kappa shape index (κ3) is 1.96. The Labute approximate surface area is 152 Å². The quantitative estimate of drug-likeness (QED) is 0.722. The fourth-order valence-electron chi connectivity index (χ4n) is 4.85. The Kier molecular flexibility index (Phi) is 3.66. The second-order valence-electron chi connectivity index (χ2n) is 7.56. The van der Waals surface area contributed by atoms with E-state index in [1.54, 1.807) is 7.11 Å². The lowest BCUT2D eigenvalue weighted by Crippen LogP contribution is -2.56. The van der Waals surface area contributed by atoms with Crippen LogP contribution in [0.5, 0.6) is 5.88 Å². The van der Waals surface area contributed by atoms with Gasteiger partial charge in [-0.15, -0.1) is 0 Å². The standard InChI is InChI=1S/C19H24N2O5/c1-3-4-8-24-18-14-16(26-20-18)15(21-6-5-7-21)12-9-11-10-13(23-2)19(12,25-11)17(14)22/h10-12,15H,3-9H2,1-2H3/t11-,12?,15+,19+/m1/s1.